The third-order valence-corrected chi connectivity index (χ3v) is 3.57. The van der Waals surface area contributed by atoms with Crippen molar-refractivity contribution in [2.24, 2.45) is 0 Å². The smallest absolute Gasteiger partial charge is 0.306 e. The third kappa shape index (κ3) is 5.17. The summed E-state index contributed by atoms with van der Waals surface area (Å²) in [5, 5.41) is 9.54. The van der Waals surface area contributed by atoms with E-state index in [1.807, 2.05) is 0 Å². The SMILES string of the molecule is CCOC(=O)CCS(=O)(=O)Nc1cc(C)ccc1O. The lowest BCUT2D eigenvalue weighted by atomic mass is 10.2. The first-order chi connectivity index (χ1) is 8.84. The molecule has 0 amide bonds. The molecule has 0 spiro atoms. The fourth-order valence-electron chi connectivity index (χ4n) is 1.40. The van der Waals surface area contributed by atoms with Crippen molar-refractivity contribution in [1.82, 2.24) is 0 Å². The van der Waals surface area contributed by atoms with Gasteiger partial charge < -0.3 is 9.84 Å². The molecular formula is C12H17NO5S. The number of carbonyl (C=O) groups is 1. The second-order valence-corrected chi connectivity index (χ2v) is 5.84. The minimum Gasteiger partial charge on any atom is -0.506 e. The molecule has 0 bridgehead atoms. The number of hydrogen-bond acceptors (Lipinski definition) is 5. The summed E-state index contributed by atoms with van der Waals surface area (Å²) in [5.41, 5.74) is 0.907. The zero-order valence-electron chi connectivity index (χ0n) is 10.8. The van der Waals surface area contributed by atoms with Crippen LogP contribution in [0.3, 0.4) is 0 Å². The number of hydrogen-bond donors (Lipinski definition) is 2. The number of sulfonamides is 1. The van der Waals surface area contributed by atoms with Crippen molar-refractivity contribution in [3.05, 3.63) is 23.8 Å². The van der Waals surface area contributed by atoms with E-state index in [4.69, 9.17) is 0 Å². The molecule has 0 fully saturated rings. The maximum Gasteiger partial charge on any atom is 0.306 e. The number of rotatable bonds is 6. The van der Waals surface area contributed by atoms with Crippen molar-refractivity contribution in [2.75, 3.05) is 17.1 Å². The predicted molar refractivity (Wildman–Crippen MR) is 71.5 cm³/mol. The van der Waals surface area contributed by atoms with Crippen LogP contribution in [0.5, 0.6) is 5.75 Å². The molecule has 0 heterocycles. The van der Waals surface area contributed by atoms with Gasteiger partial charge in [0.1, 0.15) is 5.75 Å². The molecule has 2 N–H and O–H groups in total. The first-order valence-corrected chi connectivity index (χ1v) is 7.45. The van der Waals surface area contributed by atoms with Crippen molar-refractivity contribution in [3.8, 4) is 5.75 Å². The van der Waals surface area contributed by atoms with E-state index < -0.39 is 16.0 Å². The van der Waals surface area contributed by atoms with Crippen molar-refractivity contribution in [1.29, 1.82) is 0 Å². The number of benzene rings is 1. The van der Waals surface area contributed by atoms with E-state index in [0.717, 1.165) is 5.56 Å². The number of aromatic hydroxyl groups is 1. The highest BCUT2D eigenvalue weighted by Crippen LogP contribution is 2.24. The molecule has 0 unspecified atom stereocenters. The van der Waals surface area contributed by atoms with E-state index >= 15 is 0 Å². The summed E-state index contributed by atoms with van der Waals surface area (Å²) in [6, 6.07) is 4.57. The molecule has 19 heavy (non-hydrogen) atoms. The van der Waals surface area contributed by atoms with Crippen LogP contribution in [0.1, 0.15) is 18.9 Å². The van der Waals surface area contributed by atoms with Crippen LogP contribution in [0.2, 0.25) is 0 Å². The molecule has 1 rings (SSSR count). The van der Waals surface area contributed by atoms with Gasteiger partial charge in [0, 0.05) is 0 Å². The number of carbonyl (C=O) groups excluding carboxylic acids is 1. The maximum absolute atomic E-state index is 11.7. The first kappa shape index (κ1) is 15.3. The Morgan fingerprint density at radius 1 is 1.42 bits per heavy atom. The number of aryl methyl sites for hydroxylation is 1. The topological polar surface area (TPSA) is 92.7 Å². The van der Waals surface area contributed by atoms with E-state index in [9.17, 15) is 18.3 Å². The van der Waals surface area contributed by atoms with E-state index in [1.165, 1.54) is 12.1 Å². The molecular weight excluding hydrogens is 270 g/mol. The molecule has 1 aromatic rings. The molecule has 0 aliphatic rings. The summed E-state index contributed by atoms with van der Waals surface area (Å²) < 4.78 is 30.4. The van der Waals surface area contributed by atoms with Crippen LogP contribution >= 0.6 is 0 Å². The van der Waals surface area contributed by atoms with E-state index in [2.05, 4.69) is 9.46 Å². The number of nitrogens with one attached hydrogen (secondary N) is 1. The molecule has 0 radical (unpaired) electrons. The van der Waals surface area contributed by atoms with Gasteiger partial charge in [-0.2, -0.15) is 0 Å². The van der Waals surface area contributed by atoms with Gasteiger partial charge in [0.25, 0.3) is 0 Å². The second kappa shape index (κ2) is 6.42. The van der Waals surface area contributed by atoms with Gasteiger partial charge in [-0.1, -0.05) is 6.07 Å². The normalized spacial score (nSPS) is 11.1. The largest absolute Gasteiger partial charge is 0.506 e. The summed E-state index contributed by atoms with van der Waals surface area (Å²) in [6.07, 6.45) is -0.226. The summed E-state index contributed by atoms with van der Waals surface area (Å²) in [4.78, 5) is 11.1. The van der Waals surface area contributed by atoms with Gasteiger partial charge in [-0.05, 0) is 31.5 Å². The fraction of sp³-hybridized carbons (Fsp3) is 0.417. The molecule has 1 aromatic carbocycles. The zero-order valence-corrected chi connectivity index (χ0v) is 11.7. The van der Waals surface area contributed by atoms with Crippen LogP contribution in [0.4, 0.5) is 5.69 Å². The second-order valence-electron chi connectivity index (χ2n) is 4.00. The van der Waals surface area contributed by atoms with Gasteiger partial charge in [0.05, 0.1) is 24.5 Å². The quantitative estimate of drug-likeness (QED) is 0.609. The number of anilines is 1. The minimum absolute atomic E-state index is 0.101. The number of phenols is 1. The Labute approximate surface area is 112 Å². The molecule has 7 heteroatoms. The molecule has 0 aliphatic carbocycles. The van der Waals surface area contributed by atoms with Crippen LogP contribution in [-0.2, 0) is 19.6 Å². The number of phenolic OH excluding ortho intramolecular Hbond substituents is 1. The van der Waals surface area contributed by atoms with E-state index in [0.29, 0.717) is 0 Å². The van der Waals surface area contributed by atoms with Crippen LogP contribution < -0.4 is 4.72 Å². The highest BCUT2D eigenvalue weighted by Gasteiger charge is 2.15. The Morgan fingerprint density at radius 3 is 2.74 bits per heavy atom. The Morgan fingerprint density at radius 2 is 2.11 bits per heavy atom. The Bertz CT molecular complexity index is 553. The van der Waals surface area contributed by atoms with E-state index in [-0.39, 0.29) is 30.2 Å². The van der Waals surface area contributed by atoms with Crippen molar-refractivity contribution in [2.45, 2.75) is 20.3 Å². The molecule has 6 nitrogen and oxygen atoms in total. The number of esters is 1. The molecule has 0 saturated heterocycles. The third-order valence-electron chi connectivity index (χ3n) is 2.30. The number of ether oxygens (including phenoxy) is 1. The van der Waals surface area contributed by atoms with Gasteiger partial charge in [-0.3, -0.25) is 9.52 Å². The average molecular weight is 287 g/mol. The van der Waals surface area contributed by atoms with Crippen LogP contribution in [0.25, 0.3) is 0 Å². The van der Waals surface area contributed by atoms with Gasteiger partial charge >= 0.3 is 5.97 Å². The molecule has 0 aliphatic heterocycles. The predicted octanol–water partition coefficient (Wildman–Crippen LogP) is 1.40. The Hall–Kier alpha value is -1.76. The van der Waals surface area contributed by atoms with Crippen LogP contribution in [0, 0.1) is 6.92 Å². The lowest BCUT2D eigenvalue weighted by Crippen LogP contribution is -2.20. The molecule has 0 atom stereocenters. The molecule has 106 valence electrons. The highest BCUT2D eigenvalue weighted by molar-refractivity contribution is 7.92. The minimum atomic E-state index is -3.70. The van der Waals surface area contributed by atoms with Crippen molar-refractivity contribution < 1.29 is 23.1 Å². The summed E-state index contributed by atoms with van der Waals surface area (Å²) in [7, 11) is -3.70. The maximum atomic E-state index is 11.7. The first-order valence-electron chi connectivity index (χ1n) is 5.80. The van der Waals surface area contributed by atoms with Gasteiger partial charge in [-0.15, -0.1) is 0 Å². The lowest BCUT2D eigenvalue weighted by Gasteiger charge is -2.10. The monoisotopic (exact) mass is 287 g/mol. The zero-order chi connectivity index (χ0) is 14.5. The van der Waals surface area contributed by atoms with Crippen LogP contribution in [0.15, 0.2) is 18.2 Å². The Kier molecular flexibility index (Phi) is 5.17. The molecule has 0 saturated carbocycles. The van der Waals surface area contributed by atoms with Crippen molar-refractivity contribution in [3.63, 3.8) is 0 Å². The van der Waals surface area contributed by atoms with Gasteiger partial charge in [0.15, 0.2) is 0 Å². The van der Waals surface area contributed by atoms with Gasteiger partial charge in [-0.25, -0.2) is 8.42 Å². The molecule has 0 aromatic heterocycles. The Balaban J connectivity index is 2.69. The summed E-state index contributed by atoms with van der Waals surface area (Å²) >= 11 is 0. The van der Waals surface area contributed by atoms with Crippen LogP contribution in [-0.4, -0.2) is 31.9 Å². The van der Waals surface area contributed by atoms with E-state index in [1.54, 1.807) is 19.9 Å². The lowest BCUT2D eigenvalue weighted by molar-refractivity contribution is -0.142. The average Bonchev–Trinajstić information content (AvgIpc) is 2.32. The summed E-state index contributed by atoms with van der Waals surface area (Å²) in [5.74, 6) is -1.12. The standard InChI is InChI=1S/C12H17NO5S/c1-3-18-12(15)6-7-19(16,17)13-10-8-9(2)4-5-11(10)14/h4-5,8,13-14H,3,6-7H2,1-2H3. The highest BCUT2D eigenvalue weighted by atomic mass is 32.2. The van der Waals surface area contributed by atoms with Gasteiger partial charge in [0.2, 0.25) is 10.0 Å². The summed E-state index contributed by atoms with van der Waals surface area (Å²) in [6.45, 7) is 3.64. The fourth-order valence-corrected chi connectivity index (χ4v) is 2.44. The van der Waals surface area contributed by atoms with Crippen molar-refractivity contribution >= 4 is 21.7 Å².